The van der Waals surface area contributed by atoms with Crippen molar-refractivity contribution in [3.8, 4) is 0 Å². The predicted molar refractivity (Wildman–Crippen MR) is 74.1 cm³/mol. The Morgan fingerprint density at radius 2 is 2.00 bits per heavy atom. The van der Waals surface area contributed by atoms with Gasteiger partial charge >= 0.3 is 0 Å². The maximum Gasteiger partial charge on any atom is 0.0816 e. The Morgan fingerprint density at radius 3 is 2.71 bits per heavy atom. The predicted octanol–water partition coefficient (Wildman–Crippen LogP) is 4.24. The van der Waals surface area contributed by atoms with Crippen LogP contribution < -0.4 is 5.73 Å². The molecule has 0 heterocycles. The Hall–Kier alpha value is -1.02. The van der Waals surface area contributed by atoms with Crippen LogP contribution in [0.3, 0.4) is 0 Å². The van der Waals surface area contributed by atoms with Crippen LogP contribution in [0.25, 0.3) is 0 Å². The molecule has 0 saturated heterocycles. The molecule has 2 N–H and O–H groups in total. The molecule has 96 valence electrons. The summed E-state index contributed by atoms with van der Waals surface area (Å²) in [5, 5.41) is 0. The van der Waals surface area contributed by atoms with Gasteiger partial charge in [0.1, 0.15) is 0 Å². The van der Waals surface area contributed by atoms with Crippen molar-refractivity contribution < 1.29 is 4.74 Å². The average Bonchev–Trinajstić information content (AvgIpc) is 2.32. The standard InChI is InChI=1S/C15H25NO/c1-4-5-6-7-10-17-13(3)14-11-12(2)8-9-15(14)16/h8-9,11,13H,4-7,10,16H2,1-3H3. The van der Waals surface area contributed by atoms with Gasteiger partial charge in [-0.05, 0) is 26.3 Å². The van der Waals surface area contributed by atoms with E-state index in [1.807, 2.05) is 12.1 Å². The van der Waals surface area contributed by atoms with E-state index in [0.717, 1.165) is 24.3 Å². The molecule has 0 aromatic heterocycles. The van der Waals surface area contributed by atoms with Crippen LogP contribution in [0.1, 0.15) is 56.8 Å². The fourth-order valence-electron chi connectivity index (χ4n) is 1.92. The number of anilines is 1. The zero-order valence-corrected chi connectivity index (χ0v) is 11.3. The van der Waals surface area contributed by atoms with E-state index in [1.165, 1.54) is 24.8 Å². The summed E-state index contributed by atoms with van der Waals surface area (Å²) in [6.45, 7) is 7.20. The van der Waals surface area contributed by atoms with Crippen LogP contribution in [0.2, 0.25) is 0 Å². The number of unbranched alkanes of at least 4 members (excludes halogenated alkanes) is 3. The maximum absolute atomic E-state index is 5.96. The van der Waals surface area contributed by atoms with Gasteiger partial charge in [0, 0.05) is 17.9 Å². The lowest BCUT2D eigenvalue weighted by Crippen LogP contribution is -2.05. The van der Waals surface area contributed by atoms with Gasteiger partial charge in [-0.1, -0.05) is 43.9 Å². The molecule has 2 nitrogen and oxygen atoms in total. The highest BCUT2D eigenvalue weighted by atomic mass is 16.5. The van der Waals surface area contributed by atoms with Crippen LogP contribution in [0.15, 0.2) is 18.2 Å². The summed E-state index contributed by atoms with van der Waals surface area (Å²) < 4.78 is 5.83. The Balaban J connectivity index is 2.41. The van der Waals surface area contributed by atoms with E-state index < -0.39 is 0 Å². The van der Waals surface area contributed by atoms with Crippen molar-refractivity contribution in [1.29, 1.82) is 0 Å². The number of benzene rings is 1. The van der Waals surface area contributed by atoms with Crippen molar-refractivity contribution in [2.24, 2.45) is 0 Å². The molecule has 0 amide bonds. The number of hydrogen-bond donors (Lipinski definition) is 1. The summed E-state index contributed by atoms with van der Waals surface area (Å²) in [6, 6.07) is 6.11. The third-order valence-corrected chi connectivity index (χ3v) is 3.05. The van der Waals surface area contributed by atoms with Crippen LogP contribution >= 0.6 is 0 Å². The fourth-order valence-corrected chi connectivity index (χ4v) is 1.92. The summed E-state index contributed by atoms with van der Waals surface area (Å²) >= 11 is 0. The van der Waals surface area contributed by atoms with E-state index in [1.54, 1.807) is 0 Å². The van der Waals surface area contributed by atoms with Gasteiger partial charge < -0.3 is 10.5 Å². The van der Waals surface area contributed by atoms with Crippen LogP contribution in [0.5, 0.6) is 0 Å². The minimum Gasteiger partial charge on any atom is -0.398 e. The summed E-state index contributed by atoms with van der Waals surface area (Å²) in [4.78, 5) is 0. The first-order valence-corrected chi connectivity index (χ1v) is 6.62. The van der Waals surface area contributed by atoms with Gasteiger partial charge in [0.15, 0.2) is 0 Å². The lowest BCUT2D eigenvalue weighted by molar-refractivity contribution is 0.0632. The smallest absolute Gasteiger partial charge is 0.0816 e. The molecule has 0 aliphatic rings. The van der Waals surface area contributed by atoms with Gasteiger partial charge in [-0.25, -0.2) is 0 Å². The number of ether oxygens (including phenoxy) is 1. The zero-order chi connectivity index (χ0) is 12.7. The molecule has 0 aliphatic heterocycles. The van der Waals surface area contributed by atoms with E-state index in [0.29, 0.717) is 0 Å². The van der Waals surface area contributed by atoms with Crippen molar-refractivity contribution in [3.63, 3.8) is 0 Å². The van der Waals surface area contributed by atoms with Crippen molar-refractivity contribution in [2.75, 3.05) is 12.3 Å². The monoisotopic (exact) mass is 235 g/mol. The van der Waals surface area contributed by atoms with Crippen LogP contribution in [-0.2, 0) is 4.74 Å². The Bertz CT molecular complexity index is 336. The maximum atomic E-state index is 5.96. The highest BCUT2D eigenvalue weighted by Crippen LogP contribution is 2.24. The minimum absolute atomic E-state index is 0.0940. The molecule has 0 fully saturated rings. The Kier molecular flexibility index (Phi) is 6.06. The zero-order valence-electron chi connectivity index (χ0n) is 11.3. The van der Waals surface area contributed by atoms with Crippen molar-refractivity contribution in [3.05, 3.63) is 29.3 Å². The summed E-state index contributed by atoms with van der Waals surface area (Å²) in [7, 11) is 0. The first kappa shape index (κ1) is 14.0. The van der Waals surface area contributed by atoms with E-state index in [4.69, 9.17) is 10.5 Å². The summed E-state index contributed by atoms with van der Waals surface area (Å²) in [5.74, 6) is 0. The number of nitrogens with two attached hydrogens (primary N) is 1. The average molecular weight is 235 g/mol. The third kappa shape index (κ3) is 4.78. The molecule has 1 rings (SSSR count). The second-order valence-electron chi connectivity index (χ2n) is 4.71. The number of rotatable bonds is 7. The molecule has 0 bridgehead atoms. The number of nitrogen functional groups attached to an aromatic ring is 1. The number of aryl methyl sites for hydroxylation is 1. The second-order valence-corrected chi connectivity index (χ2v) is 4.71. The van der Waals surface area contributed by atoms with Gasteiger partial charge in [0.25, 0.3) is 0 Å². The highest BCUT2D eigenvalue weighted by molar-refractivity contribution is 5.49. The van der Waals surface area contributed by atoms with Crippen LogP contribution in [0.4, 0.5) is 5.69 Å². The molecule has 17 heavy (non-hydrogen) atoms. The van der Waals surface area contributed by atoms with Crippen LogP contribution in [0, 0.1) is 6.92 Å². The molecule has 1 aromatic carbocycles. The largest absolute Gasteiger partial charge is 0.398 e. The lowest BCUT2D eigenvalue weighted by atomic mass is 10.1. The van der Waals surface area contributed by atoms with Crippen molar-refractivity contribution in [1.82, 2.24) is 0 Å². The molecule has 1 atom stereocenters. The molecular formula is C15H25NO. The summed E-state index contributed by atoms with van der Waals surface area (Å²) in [6.07, 6.45) is 5.05. The fraction of sp³-hybridized carbons (Fsp3) is 0.600. The SMILES string of the molecule is CCCCCCOC(C)c1cc(C)ccc1N. The molecule has 1 unspecified atom stereocenters. The first-order valence-electron chi connectivity index (χ1n) is 6.62. The summed E-state index contributed by atoms with van der Waals surface area (Å²) in [5.41, 5.74) is 9.14. The molecule has 0 saturated carbocycles. The van der Waals surface area contributed by atoms with Gasteiger partial charge in [0.05, 0.1) is 6.10 Å². The molecule has 1 aromatic rings. The van der Waals surface area contributed by atoms with E-state index in [9.17, 15) is 0 Å². The van der Waals surface area contributed by atoms with E-state index in [2.05, 4.69) is 26.8 Å². The van der Waals surface area contributed by atoms with Crippen molar-refractivity contribution in [2.45, 2.75) is 52.6 Å². The Morgan fingerprint density at radius 1 is 1.24 bits per heavy atom. The topological polar surface area (TPSA) is 35.2 Å². The third-order valence-electron chi connectivity index (χ3n) is 3.05. The minimum atomic E-state index is 0.0940. The first-order chi connectivity index (χ1) is 8.15. The van der Waals surface area contributed by atoms with Gasteiger partial charge in [-0.15, -0.1) is 0 Å². The van der Waals surface area contributed by atoms with Crippen molar-refractivity contribution >= 4 is 5.69 Å². The lowest BCUT2D eigenvalue weighted by Gasteiger charge is -2.16. The molecule has 0 aliphatic carbocycles. The van der Waals surface area contributed by atoms with Gasteiger partial charge in [-0.3, -0.25) is 0 Å². The van der Waals surface area contributed by atoms with Gasteiger partial charge in [-0.2, -0.15) is 0 Å². The quantitative estimate of drug-likeness (QED) is 0.567. The van der Waals surface area contributed by atoms with Gasteiger partial charge in [0.2, 0.25) is 0 Å². The molecule has 0 radical (unpaired) electrons. The second kappa shape index (κ2) is 7.33. The Labute approximate surface area is 105 Å². The molecular weight excluding hydrogens is 210 g/mol. The molecule has 2 heteroatoms. The highest BCUT2D eigenvalue weighted by Gasteiger charge is 2.09. The number of hydrogen-bond acceptors (Lipinski definition) is 2. The van der Waals surface area contributed by atoms with Crippen LogP contribution in [-0.4, -0.2) is 6.61 Å². The normalized spacial score (nSPS) is 12.6. The molecule has 0 spiro atoms. The van der Waals surface area contributed by atoms with E-state index >= 15 is 0 Å². The van der Waals surface area contributed by atoms with E-state index in [-0.39, 0.29) is 6.10 Å².